The van der Waals surface area contributed by atoms with Crippen LogP contribution in [0.2, 0.25) is 0 Å². The lowest BCUT2D eigenvalue weighted by atomic mass is 9.92. The van der Waals surface area contributed by atoms with Crippen molar-refractivity contribution in [2.24, 2.45) is 11.7 Å². The van der Waals surface area contributed by atoms with E-state index in [-0.39, 0.29) is 0 Å². The lowest BCUT2D eigenvalue weighted by molar-refractivity contribution is 0.220. The van der Waals surface area contributed by atoms with Crippen LogP contribution in [0.1, 0.15) is 36.4 Å². The topological polar surface area (TPSA) is 38.5 Å². The van der Waals surface area contributed by atoms with Crippen LogP contribution in [0.25, 0.3) is 0 Å². The van der Waals surface area contributed by atoms with Crippen LogP contribution in [0.4, 0.5) is 0 Å². The molecule has 1 saturated heterocycles. The zero-order valence-corrected chi connectivity index (χ0v) is 11.3. The largest absolute Gasteiger partial charge is 0.493 e. The Kier molecular flexibility index (Phi) is 2.78. The number of rotatable bonds is 3. The van der Waals surface area contributed by atoms with E-state index in [0.29, 0.717) is 12.0 Å². The Labute approximate surface area is 114 Å². The highest BCUT2D eigenvalue weighted by molar-refractivity contribution is 5.41. The van der Waals surface area contributed by atoms with Gasteiger partial charge in [-0.3, -0.25) is 4.90 Å². The molecule has 2 fully saturated rings. The Bertz CT molecular complexity index is 484. The summed E-state index contributed by atoms with van der Waals surface area (Å²) in [6.45, 7) is 2.88. The van der Waals surface area contributed by atoms with E-state index in [1.807, 2.05) is 0 Å². The normalized spacial score (nSPS) is 30.4. The fourth-order valence-corrected chi connectivity index (χ4v) is 3.80. The molecule has 2 N–H and O–H groups in total. The van der Waals surface area contributed by atoms with Gasteiger partial charge in [-0.15, -0.1) is 0 Å². The first-order chi connectivity index (χ1) is 9.36. The molecule has 2 atom stereocenters. The van der Waals surface area contributed by atoms with Crippen molar-refractivity contribution in [1.82, 2.24) is 4.90 Å². The number of hydrogen-bond acceptors (Lipinski definition) is 3. The lowest BCUT2D eigenvalue weighted by Crippen LogP contribution is -2.30. The van der Waals surface area contributed by atoms with Gasteiger partial charge in [0.2, 0.25) is 0 Å². The van der Waals surface area contributed by atoms with Crippen molar-refractivity contribution < 1.29 is 4.74 Å². The summed E-state index contributed by atoms with van der Waals surface area (Å²) in [6.07, 6.45) is 5.07. The second kappa shape index (κ2) is 4.50. The number of nitrogens with two attached hydrogens (primary N) is 1. The summed E-state index contributed by atoms with van der Waals surface area (Å²) in [6, 6.07) is 8.16. The third-order valence-corrected chi connectivity index (χ3v) is 4.94. The quantitative estimate of drug-likeness (QED) is 0.902. The van der Waals surface area contributed by atoms with Gasteiger partial charge < -0.3 is 10.5 Å². The number of ether oxygens (including phenoxy) is 1. The summed E-state index contributed by atoms with van der Waals surface area (Å²) in [7, 11) is 0. The second-order valence-electron chi connectivity index (χ2n) is 6.16. The molecular weight excluding hydrogens is 236 g/mol. The summed E-state index contributed by atoms with van der Waals surface area (Å²) >= 11 is 0. The maximum atomic E-state index is 6.01. The van der Waals surface area contributed by atoms with Crippen molar-refractivity contribution in [3.05, 3.63) is 29.3 Å². The van der Waals surface area contributed by atoms with Crippen LogP contribution in [0, 0.1) is 5.92 Å². The molecular formula is C16H22N2O. The minimum Gasteiger partial charge on any atom is -0.493 e. The summed E-state index contributed by atoms with van der Waals surface area (Å²) in [5.74, 6) is 1.71. The van der Waals surface area contributed by atoms with Crippen LogP contribution in [0.3, 0.4) is 0 Å². The molecule has 4 rings (SSSR count). The van der Waals surface area contributed by atoms with E-state index in [2.05, 4.69) is 23.1 Å². The zero-order chi connectivity index (χ0) is 12.8. The average molecular weight is 258 g/mol. The van der Waals surface area contributed by atoms with Crippen molar-refractivity contribution in [1.29, 1.82) is 0 Å². The van der Waals surface area contributed by atoms with Gasteiger partial charge in [-0.25, -0.2) is 0 Å². The van der Waals surface area contributed by atoms with Crippen molar-refractivity contribution in [2.75, 3.05) is 19.7 Å². The molecule has 0 bridgehead atoms. The molecule has 0 amide bonds. The molecule has 0 spiro atoms. The number of nitrogens with zero attached hydrogens (tertiary/aromatic N) is 1. The van der Waals surface area contributed by atoms with Gasteiger partial charge in [0, 0.05) is 18.5 Å². The van der Waals surface area contributed by atoms with Gasteiger partial charge in [0.25, 0.3) is 0 Å². The molecule has 1 aromatic rings. The Balaban J connectivity index is 1.67. The van der Waals surface area contributed by atoms with Crippen LogP contribution < -0.4 is 10.5 Å². The highest BCUT2D eigenvalue weighted by Crippen LogP contribution is 2.44. The van der Waals surface area contributed by atoms with Crippen molar-refractivity contribution >= 4 is 0 Å². The SMILES string of the molecule is NCC1CCN(C2CC2)C1c1ccc2c(c1)CCO2. The number of hydrogen-bond donors (Lipinski definition) is 1. The standard InChI is InChI=1S/C16H22N2O/c17-10-13-5-7-18(14-2-3-14)16(13)12-1-4-15-11(9-12)6-8-19-15/h1,4,9,13-14,16H,2-3,5-8,10,17H2. The first kappa shape index (κ1) is 11.7. The van der Waals surface area contributed by atoms with Crippen molar-refractivity contribution in [2.45, 2.75) is 37.8 Å². The average Bonchev–Trinajstić information content (AvgIpc) is 3.03. The van der Waals surface area contributed by atoms with Crippen LogP contribution >= 0.6 is 0 Å². The van der Waals surface area contributed by atoms with Gasteiger partial charge in [-0.05, 0) is 55.5 Å². The summed E-state index contributed by atoms with van der Waals surface area (Å²) in [5, 5.41) is 0. The van der Waals surface area contributed by atoms with E-state index in [4.69, 9.17) is 10.5 Å². The maximum absolute atomic E-state index is 6.01. The molecule has 1 aliphatic carbocycles. The highest BCUT2D eigenvalue weighted by Gasteiger charge is 2.42. The number of likely N-dealkylation sites (tertiary alicyclic amines) is 1. The van der Waals surface area contributed by atoms with E-state index in [0.717, 1.165) is 31.4 Å². The molecule has 3 nitrogen and oxygen atoms in total. The van der Waals surface area contributed by atoms with Crippen LogP contribution in [0.15, 0.2) is 18.2 Å². The van der Waals surface area contributed by atoms with E-state index in [1.54, 1.807) is 0 Å². The van der Waals surface area contributed by atoms with Crippen molar-refractivity contribution in [3.63, 3.8) is 0 Å². The van der Waals surface area contributed by atoms with Crippen LogP contribution in [-0.4, -0.2) is 30.6 Å². The molecule has 3 aliphatic rings. The molecule has 3 heteroatoms. The molecule has 1 aromatic carbocycles. The van der Waals surface area contributed by atoms with Crippen molar-refractivity contribution in [3.8, 4) is 5.75 Å². The van der Waals surface area contributed by atoms with Gasteiger partial charge in [0.05, 0.1) is 6.61 Å². The van der Waals surface area contributed by atoms with Crippen LogP contribution in [-0.2, 0) is 6.42 Å². The third-order valence-electron chi connectivity index (χ3n) is 4.94. The fraction of sp³-hybridized carbons (Fsp3) is 0.625. The molecule has 2 heterocycles. The van der Waals surface area contributed by atoms with E-state index >= 15 is 0 Å². The van der Waals surface area contributed by atoms with Gasteiger partial charge in [-0.1, -0.05) is 12.1 Å². The molecule has 0 radical (unpaired) electrons. The van der Waals surface area contributed by atoms with E-state index in [9.17, 15) is 0 Å². The lowest BCUT2D eigenvalue weighted by Gasteiger charge is -2.28. The molecule has 0 aromatic heterocycles. The Morgan fingerprint density at radius 1 is 1.26 bits per heavy atom. The smallest absolute Gasteiger partial charge is 0.122 e. The van der Waals surface area contributed by atoms with Gasteiger partial charge >= 0.3 is 0 Å². The fourth-order valence-electron chi connectivity index (χ4n) is 3.80. The molecule has 2 unspecified atom stereocenters. The van der Waals surface area contributed by atoms with Gasteiger partial charge in [0.1, 0.15) is 5.75 Å². The number of fused-ring (bicyclic) bond motifs is 1. The van der Waals surface area contributed by atoms with E-state index in [1.165, 1.54) is 36.9 Å². The summed E-state index contributed by atoms with van der Waals surface area (Å²) in [4.78, 5) is 2.70. The predicted octanol–water partition coefficient (Wildman–Crippen LogP) is 2.11. The minimum absolute atomic E-state index is 0.545. The highest BCUT2D eigenvalue weighted by atomic mass is 16.5. The monoisotopic (exact) mass is 258 g/mol. The molecule has 2 aliphatic heterocycles. The minimum atomic E-state index is 0.545. The van der Waals surface area contributed by atoms with Crippen LogP contribution in [0.5, 0.6) is 5.75 Å². The zero-order valence-electron chi connectivity index (χ0n) is 11.3. The molecule has 102 valence electrons. The van der Waals surface area contributed by atoms with E-state index < -0.39 is 0 Å². The predicted molar refractivity (Wildman–Crippen MR) is 75.3 cm³/mol. The van der Waals surface area contributed by atoms with Gasteiger partial charge in [-0.2, -0.15) is 0 Å². The third kappa shape index (κ3) is 1.96. The second-order valence-corrected chi connectivity index (χ2v) is 6.16. The summed E-state index contributed by atoms with van der Waals surface area (Å²) in [5.41, 5.74) is 8.85. The first-order valence-corrected chi connectivity index (χ1v) is 7.58. The Morgan fingerprint density at radius 2 is 2.16 bits per heavy atom. The first-order valence-electron chi connectivity index (χ1n) is 7.58. The molecule has 1 saturated carbocycles. The maximum Gasteiger partial charge on any atom is 0.122 e. The van der Waals surface area contributed by atoms with Gasteiger partial charge in [0.15, 0.2) is 0 Å². The Morgan fingerprint density at radius 3 is 2.95 bits per heavy atom. The summed E-state index contributed by atoms with van der Waals surface area (Å²) < 4.78 is 5.62. The Hall–Kier alpha value is -1.06. The number of benzene rings is 1. The molecule has 19 heavy (non-hydrogen) atoms.